The summed E-state index contributed by atoms with van der Waals surface area (Å²) in [6, 6.07) is 32.5. The number of rotatable bonds is 9. The van der Waals surface area contributed by atoms with Crippen molar-refractivity contribution in [3.63, 3.8) is 0 Å². The van der Waals surface area contributed by atoms with Crippen LogP contribution < -0.4 is 19.2 Å². The van der Waals surface area contributed by atoms with Gasteiger partial charge in [-0.3, -0.25) is 10.0 Å². The van der Waals surface area contributed by atoms with Crippen LogP contribution in [0, 0.1) is 0 Å². The highest BCUT2D eigenvalue weighted by Crippen LogP contribution is 2.37. The van der Waals surface area contributed by atoms with Crippen molar-refractivity contribution >= 4 is 23.3 Å². The zero-order chi connectivity index (χ0) is 26.3. The molecule has 0 N–H and O–H groups in total. The summed E-state index contributed by atoms with van der Waals surface area (Å²) in [5, 5.41) is 7.17. The van der Waals surface area contributed by atoms with E-state index in [2.05, 4.69) is 58.5 Å². The summed E-state index contributed by atoms with van der Waals surface area (Å²) in [6.45, 7) is 2.62. The average molecular weight is 506 g/mol. The molecule has 0 spiro atoms. The van der Waals surface area contributed by atoms with Gasteiger partial charge in [0, 0.05) is 12.6 Å². The summed E-state index contributed by atoms with van der Waals surface area (Å²) in [7, 11) is 3.36. The largest absolute Gasteiger partial charge is 0.497 e. The SMILES string of the molecule is CCOc1ccc(N=Cc2ccc(N3N=C(c4ccc(OC)cc4)CC3c3ccc(OC)cc3)cc2)cc1. The molecule has 0 saturated carbocycles. The molecule has 1 aliphatic heterocycles. The van der Waals surface area contributed by atoms with Crippen LogP contribution in [0.25, 0.3) is 0 Å². The Bertz CT molecular complexity index is 1390. The molecular weight excluding hydrogens is 474 g/mol. The van der Waals surface area contributed by atoms with E-state index in [-0.39, 0.29) is 6.04 Å². The van der Waals surface area contributed by atoms with Crippen LogP contribution in [0.3, 0.4) is 0 Å². The summed E-state index contributed by atoms with van der Waals surface area (Å²) >= 11 is 0. The van der Waals surface area contributed by atoms with Crippen molar-refractivity contribution in [3.05, 3.63) is 114 Å². The van der Waals surface area contributed by atoms with Gasteiger partial charge in [0.05, 0.1) is 44.0 Å². The van der Waals surface area contributed by atoms with Gasteiger partial charge in [0.1, 0.15) is 17.2 Å². The first kappa shape index (κ1) is 25.1. The van der Waals surface area contributed by atoms with Gasteiger partial charge in [-0.25, -0.2) is 0 Å². The van der Waals surface area contributed by atoms with Gasteiger partial charge in [-0.15, -0.1) is 0 Å². The minimum absolute atomic E-state index is 0.0707. The van der Waals surface area contributed by atoms with Crippen molar-refractivity contribution in [2.45, 2.75) is 19.4 Å². The molecule has 5 rings (SSSR count). The van der Waals surface area contributed by atoms with Crippen LogP contribution in [-0.2, 0) is 0 Å². The number of nitrogens with zero attached hydrogens (tertiary/aromatic N) is 3. The number of anilines is 1. The van der Waals surface area contributed by atoms with Crippen LogP contribution in [0.5, 0.6) is 17.2 Å². The summed E-state index contributed by atoms with van der Waals surface area (Å²) in [5.41, 5.74) is 6.22. The van der Waals surface area contributed by atoms with Crippen molar-refractivity contribution < 1.29 is 14.2 Å². The molecule has 6 heteroatoms. The molecule has 0 aromatic heterocycles. The maximum atomic E-state index is 5.50. The van der Waals surface area contributed by atoms with E-state index in [1.54, 1.807) is 14.2 Å². The van der Waals surface area contributed by atoms with Crippen molar-refractivity contribution in [2.24, 2.45) is 10.1 Å². The Morgan fingerprint density at radius 2 is 1.39 bits per heavy atom. The molecule has 0 aliphatic carbocycles. The first-order valence-electron chi connectivity index (χ1n) is 12.7. The predicted molar refractivity (Wildman–Crippen MR) is 154 cm³/mol. The van der Waals surface area contributed by atoms with Gasteiger partial charge < -0.3 is 14.2 Å². The van der Waals surface area contributed by atoms with E-state index >= 15 is 0 Å². The topological polar surface area (TPSA) is 55.7 Å². The van der Waals surface area contributed by atoms with Gasteiger partial charge in [0.15, 0.2) is 0 Å². The molecule has 4 aromatic carbocycles. The predicted octanol–water partition coefficient (Wildman–Crippen LogP) is 7.21. The highest BCUT2D eigenvalue weighted by atomic mass is 16.5. The molecule has 6 nitrogen and oxygen atoms in total. The number of benzene rings is 4. The summed E-state index contributed by atoms with van der Waals surface area (Å²) in [6.07, 6.45) is 2.66. The third-order valence-corrected chi connectivity index (χ3v) is 6.50. The Morgan fingerprint density at radius 3 is 2.00 bits per heavy atom. The first-order chi connectivity index (χ1) is 18.7. The fourth-order valence-corrected chi connectivity index (χ4v) is 4.45. The van der Waals surface area contributed by atoms with Crippen LogP contribution in [0.1, 0.15) is 36.1 Å². The fourth-order valence-electron chi connectivity index (χ4n) is 4.45. The van der Waals surface area contributed by atoms with E-state index in [0.717, 1.165) is 51.9 Å². The first-order valence-corrected chi connectivity index (χ1v) is 12.7. The molecule has 1 heterocycles. The molecule has 4 aromatic rings. The van der Waals surface area contributed by atoms with Gasteiger partial charge in [-0.1, -0.05) is 24.3 Å². The molecule has 38 heavy (non-hydrogen) atoms. The lowest BCUT2D eigenvalue weighted by molar-refractivity contribution is 0.340. The summed E-state index contributed by atoms with van der Waals surface area (Å²) in [5.74, 6) is 2.52. The lowest BCUT2D eigenvalue weighted by Gasteiger charge is -2.24. The normalized spacial score (nSPS) is 15.0. The minimum atomic E-state index is 0.0707. The van der Waals surface area contributed by atoms with Crippen LogP contribution in [-0.4, -0.2) is 32.8 Å². The Labute approximate surface area is 223 Å². The van der Waals surface area contributed by atoms with Crippen LogP contribution in [0.15, 0.2) is 107 Å². The third kappa shape index (κ3) is 5.70. The van der Waals surface area contributed by atoms with E-state index in [4.69, 9.17) is 19.3 Å². The van der Waals surface area contributed by atoms with E-state index in [0.29, 0.717) is 6.61 Å². The number of aliphatic imine (C=N–C) groups is 1. The molecule has 0 fully saturated rings. The molecule has 1 atom stereocenters. The van der Waals surface area contributed by atoms with Crippen molar-refractivity contribution in [2.75, 3.05) is 25.8 Å². The fraction of sp³-hybridized carbons (Fsp3) is 0.188. The quantitative estimate of drug-likeness (QED) is 0.226. The molecular formula is C32H31N3O3. The number of ether oxygens (including phenoxy) is 3. The molecule has 1 unspecified atom stereocenters. The van der Waals surface area contributed by atoms with Gasteiger partial charge in [-0.2, -0.15) is 5.10 Å². The maximum Gasteiger partial charge on any atom is 0.119 e. The smallest absolute Gasteiger partial charge is 0.119 e. The minimum Gasteiger partial charge on any atom is -0.497 e. The Kier molecular flexibility index (Phi) is 7.69. The Balaban J connectivity index is 1.39. The number of hydrogen-bond acceptors (Lipinski definition) is 6. The highest BCUT2D eigenvalue weighted by molar-refractivity contribution is 6.03. The highest BCUT2D eigenvalue weighted by Gasteiger charge is 2.30. The molecule has 0 saturated heterocycles. The van der Waals surface area contributed by atoms with Crippen LogP contribution in [0.2, 0.25) is 0 Å². The lowest BCUT2D eigenvalue weighted by Crippen LogP contribution is -2.18. The molecule has 0 bridgehead atoms. The van der Waals surface area contributed by atoms with Crippen molar-refractivity contribution in [1.29, 1.82) is 0 Å². The molecule has 192 valence electrons. The lowest BCUT2D eigenvalue weighted by atomic mass is 9.98. The molecule has 0 amide bonds. The van der Waals surface area contributed by atoms with Gasteiger partial charge in [0.2, 0.25) is 0 Å². The van der Waals surface area contributed by atoms with E-state index in [1.165, 1.54) is 5.56 Å². The van der Waals surface area contributed by atoms with Crippen molar-refractivity contribution in [1.82, 2.24) is 0 Å². The van der Waals surface area contributed by atoms with Crippen LogP contribution >= 0.6 is 0 Å². The van der Waals surface area contributed by atoms with Gasteiger partial charge in [-0.05, 0) is 96.4 Å². The number of hydrogen-bond donors (Lipinski definition) is 0. The second-order valence-corrected chi connectivity index (χ2v) is 8.89. The zero-order valence-corrected chi connectivity index (χ0v) is 21.9. The van der Waals surface area contributed by atoms with Gasteiger partial charge in [0.25, 0.3) is 0 Å². The van der Waals surface area contributed by atoms with E-state index in [1.807, 2.05) is 61.7 Å². The molecule has 1 aliphatic rings. The van der Waals surface area contributed by atoms with Crippen LogP contribution in [0.4, 0.5) is 11.4 Å². The van der Waals surface area contributed by atoms with E-state index in [9.17, 15) is 0 Å². The third-order valence-electron chi connectivity index (χ3n) is 6.50. The second-order valence-electron chi connectivity index (χ2n) is 8.89. The number of methoxy groups -OCH3 is 2. The second kappa shape index (κ2) is 11.6. The monoisotopic (exact) mass is 505 g/mol. The Morgan fingerprint density at radius 1 is 0.789 bits per heavy atom. The van der Waals surface area contributed by atoms with Gasteiger partial charge >= 0.3 is 0 Å². The summed E-state index contributed by atoms with van der Waals surface area (Å²) < 4.78 is 16.2. The maximum absolute atomic E-state index is 5.50. The average Bonchev–Trinajstić information content (AvgIpc) is 3.43. The molecule has 0 radical (unpaired) electrons. The number of hydrazone groups is 1. The standard InChI is InChI=1S/C32H31N3O3/c1-4-38-30-19-11-26(12-20-30)33-22-23-5-13-27(14-6-23)35-32(25-9-17-29(37-3)18-10-25)21-31(34-35)24-7-15-28(36-2)16-8-24/h5-20,22,32H,4,21H2,1-3H3. The van der Waals surface area contributed by atoms with Crippen molar-refractivity contribution in [3.8, 4) is 17.2 Å². The Hall–Kier alpha value is -4.58. The summed E-state index contributed by atoms with van der Waals surface area (Å²) in [4.78, 5) is 4.61. The van der Waals surface area contributed by atoms with E-state index < -0.39 is 0 Å². The zero-order valence-electron chi connectivity index (χ0n) is 21.9.